The summed E-state index contributed by atoms with van der Waals surface area (Å²) in [5.74, 6) is 0.441. The third-order valence-electron chi connectivity index (χ3n) is 3.48. The fraction of sp³-hybridized carbons (Fsp3) is 0.667. The Morgan fingerprint density at radius 2 is 2.11 bits per heavy atom. The van der Waals surface area contributed by atoms with Crippen LogP contribution in [0.3, 0.4) is 0 Å². The first-order valence-corrected chi connectivity index (χ1v) is 8.38. The van der Waals surface area contributed by atoms with Crippen LogP contribution in [0.15, 0.2) is 10.3 Å². The van der Waals surface area contributed by atoms with Crippen molar-refractivity contribution in [2.75, 3.05) is 13.6 Å². The summed E-state index contributed by atoms with van der Waals surface area (Å²) >= 11 is 1.34. The lowest BCUT2D eigenvalue weighted by Crippen LogP contribution is -2.43. The number of rotatable bonds is 5. The summed E-state index contributed by atoms with van der Waals surface area (Å²) < 4.78 is 27.1. The van der Waals surface area contributed by atoms with Crippen LogP contribution in [0.25, 0.3) is 0 Å². The summed E-state index contributed by atoms with van der Waals surface area (Å²) in [6.45, 7) is 4.17. The van der Waals surface area contributed by atoms with Gasteiger partial charge in [0.1, 0.15) is 4.21 Å². The first-order valence-electron chi connectivity index (χ1n) is 6.13. The van der Waals surface area contributed by atoms with Gasteiger partial charge in [0.05, 0.1) is 0 Å². The molecule has 102 valence electrons. The van der Waals surface area contributed by atoms with Gasteiger partial charge in [-0.1, -0.05) is 0 Å². The van der Waals surface area contributed by atoms with Crippen LogP contribution in [0.4, 0.5) is 0 Å². The monoisotopic (exact) mass is 288 g/mol. The van der Waals surface area contributed by atoms with E-state index >= 15 is 0 Å². The standard InChI is InChI=1S/C12H20N2O2S2/c1-8-6-9(2)17-12(8)18(15,16)14(3)11(7-13)10-4-5-10/h6,10-11H,4-5,7,13H2,1-3H3. The molecular formula is C12H20N2O2S2. The molecule has 1 aromatic rings. The highest BCUT2D eigenvalue weighted by atomic mass is 32.2. The Kier molecular flexibility index (Phi) is 3.82. The van der Waals surface area contributed by atoms with Crippen molar-refractivity contribution >= 4 is 21.4 Å². The molecule has 0 saturated heterocycles. The predicted molar refractivity (Wildman–Crippen MR) is 74.3 cm³/mol. The van der Waals surface area contributed by atoms with Crippen molar-refractivity contribution in [3.63, 3.8) is 0 Å². The van der Waals surface area contributed by atoms with Crippen LogP contribution >= 0.6 is 11.3 Å². The van der Waals surface area contributed by atoms with Gasteiger partial charge in [-0.2, -0.15) is 4.31 Å². The van der Waals surface area contributed by atoms with Gasteiger partial charge in [-0.15, -0.1) is 11.3 Å². The van der Waals surface area contributed by atoms with Crippen molar-refractivity contribution in [2.24, 2.45) is 11.7 Å². The molecule has 1 unspecified atom stereocenters. The van der Waals surface area contributed by atoms with E-state index in [0.29, 0.717) is 16.7 Å². The maximum atomic E-state index is 12.6. The number of hydrogen-bond acceptors (Lipinski definition) is 4. The summed E-state index contributed by atoms with van der Waals surface area (Å²) in [6, 6.07) is 1.86. The maximum absolute atomic E-state index is 12.6. The Morgan fingerprint density at radius 1 is 1.50 bits per heavy atom. The largest absolute Gasteiger partial charge is 0.329 e. The molecule has 1 aliphatic carbocycles. The van der Waals surface area contributed by atoms with E-state index in [0.717, 1.165) is 23.3 Å². The van der Waals surface area contributed by atoms with E-state index in [4.69, 9.17) is 5.73 Å². The second-order valence-electron chi connectivity index (χ2n) is 4.99. The van der Waals surface area contributed by atoms with Crippen molar-refractivity contribution in [1.29, 1.82) is 0 Å². The van der Waals surface area contributed by atoms with Crippen LogP contribution < -0.4 is 5.73 Å². The van der Waals surface area contributed by atoms with E-state index in [1.807, 2.05) is 19.9 Å². The molecular weight excluding hydrogens is 268 g/mol. The van der Waals surface area contributed by atoms with E-state index in [-0.39, 0.29) is 6.04 Å². The number of nitrogens with zero attached hydrogens (tertiary/aromatic N) is 1. The molecule has 1 heterocycles. The molecule has 1 aliphatic rings. The van der Waals surface area contributed by atoms with Crippen molar-refractivity contribution in [1.82, 2.24) is 4.31 Å². The first-order chi connectivity index (χ1) is 8.37. The fourth-order valence-corrected chi connectivity index (χ4v) is 5.56. The summed E-state index contributed by atoms with van der Waals surface area (Å²) in [6.07, 6.45) is 2.17. The highest BCUT2D eigenvalue weighted by Gasteiger charge is 2.39. The third kappa shape index (κ3) is 2.47. The number of thiophene rings is 1. The Morgan fingerprint density at radius 3 is 2.50 bits per heavy atom. The van der Waals surface area contributed by atoms with Gasteiger partial charge in [-0.3, -0.25) is 0 Å². The highest BCUT2D eigenvalue weighted by molar-refractivity contribution is 7.91. The van der Waals surface area contributed by atoms with Gasteiger partial charge in [0.25, 0.3) is 10.0 Å². The van der Waals surface area contributed by atoms with E-state index in [2.05, 4.69) is 0 Å². The quantitative estimate of drug-likeness (QED) is 0.897. The van der Waals surface area contributed by atoms with Crippen molar-refractivity contribution in [3.05, 3.63) is 16.5 Å². The van der Waals surface area contributed by atoms with Crippen LogP contribution in [0.5, 0.6) is 0 Å². The Bertz CT molecular complexity index is 532. The molecule has 0 amide bonds. The zero-order valence-corrected chi connectivity index (χ0v) is 12.6. The molecule has 1 atom stereocenters. The van der Waals surface area contributed by atoms with Gasteiger partial charge >= 0.3 is 0 Å². The van der Waals surface area contributed by atoms with E-state index in [1.165, 1.54) is 15.6 Å². The predicted octanol–water partition coefficient (Wildman–Crippen LogP) is 1.72. The molecule has 6 heteroatoms. The zero-order valence-electron chi connectivity index (χ0n) is 11.0. The first kappa shape index (κ1) is 14.0. The van der Waals surface area contributed by atoms with Gasteiger partial charge in [0.15, 0.2) is 0 Å². The van der Waals surface area contributed by atoms with Crippen molar-refractivity contribution in [3.8, 4) is 0 Å². The average Bonchev–Trinajstić information content (AvgIpc) is 3.05. The second-order valence-corrected chi connectivity index (χ2v) is 8.44. The van der Waals surface area contributed by atoms with Crippen LogP contribution in [0.1, 0.15) is 23.3 Å². The number of likely N-dealkylation sites (N-methyl/N-ethyl adjacent to an activating group) is 1. The Labute approximate surface area is 113 Å². The molecule has 4 nitrogen and oxygen atoms in total. The molecule has 2 N–H and O–H groups in total. The van der Waals surface area contributed by atoms with E-state index in [1.54, 1.807) is 7.05 Å². The SMILES string of the molecule is Cc1cc(C)c(S(=O)(=O)N(C)C(CN)C2CC2)s1. The smallest absolute Gasteiger partial charge is 0.252 e. The van der Waals surface area contributed by atoms with Gasteiger partial charge < -0.3 is 5.73 Å². The van der Waals surface area contributed by atoms with E-state index in [9.17, 15) is 8.42 Å². The Hall–Kier alpha value is -0.430. The van der Waals surface area contributed by atoms with Gasteiger partial charge in [0, 0.05) is 24.5 Å². The van der Waals surface area contributed by atoms with Gasteiger partial charge in [0.2, 0.25) is 0 Å². The summed E-state index contributed by atoms with van der Waals surface area (Å²) in [5.41, 5.74) is 6.56. The summed E-state index contributed by atoms with van der Waals surface area (Å²) in [4.78, 5) is 1.02. The Balaban J connectivity index is 2.32. The zero-order chi connectivity index (χ0) is 13.5. The molecule has 1 aromatic heterocycles. The third-order valence-corrected chi connectivity index (χ3v) is 7.13. The number of hydrogen-bond donors (Lipinski definition) is 1. The molecule has 0 aliphatic heterocycles. The molecule has 1 saturated carbocycles. The number of aryl methyl sites for hydroxylation is 2. The number of sulfonamides is 1. The van der Waals surface area contributed by atoms with Crippen LogP contribution in [-0.2, 0) is 10.0 Å². The molecule has 0 radical (unpaired) electrons. The van der Waals surface area contributed by atoms with Crippen molar-refractivity contribution in [2.45, 2.75) is 36.9 Å². The highest BCUT2D eigenvalue weighted by Crippen LogP contribution is 2.37. The second kappa shape index (κ2) is 4.92. The van der Waals surface area contributed by atoms with Crippen molar-refractivity contribution < 1.29 is 8.42 Å². The number of nitrogens with two attached hydrogens (primary N) is 1. The minimum Gasteiger partial charge on any atom is -0.329 e. The topological polar surface area (TPSA) is 63.4 Å². The van der Waals surface area contributed by atoms with Crippen LogP contribution in [-0.4, -0.2) is 32.4 Å². The fourth-order valence-electron chi connectivity index (χ4n) is 2.30. The minimum absolute atomic E-state index is 0.0585. The lowest BCUT2D eigenvalue weighted by Gasteiger charge is -2.26. The summed E-state index contributed by atoms with van der Waals surface area (Å²) in [5, 5.41) is 0. The van der Waals surface area contributed by atoms with Crippen LogP contribution in [0.2, 0.25) is 0 Å². The van der Waals surface area contributed by atoms with Gasteiger partial charge in [-0.25, -0.2) is 8.42 Å². The summed E-state index contributed by atoms with van der Waals surface area (Å²) in [7, 11) is -1.74. The normalized spacial score (nSPS) is 18.3. The lowest BCUT2D eigenvalue weighted by molar-refractivity contribution is 0.341. The average molecular weight is 288 g/mol. The van der Waals surface area contributed by atoms with Crippen LogP contribution in [0, 0.1) is 19.8 Å². The van der Waals surface area contributed by atoms with E-state index < -0.39 is 10.0 Å². The molecule has 0 bridgehead atoms. The van der Waals surface area contributed by atoms with Gasteiger partial charge in [-0.05, 0) is 44.2 Å². The lowest BCUT2D eigenvalue weighted by atomic mass is 10.2. The molecule has 2 rings (SSSR count). The molecule has 0 aromatic carbocycles. The molecule has 1 fully saturated rings. The molecule has 18 heavy (non-hydrogen) atoms. The maximum Gasteiger partial charge on any atom is 0.252 e. The molecule has 0 spiro atoms. The minimum atomic E-state index is -3.39.